The zero-order valence-electron chi connectivity index (χ0n) is 33.3. The summed E-state index contributed by atoms with van der Waals surface area (Å²) in [5.74, 6) is 0.950. The van der Waals surface area contributed by atoms with Crippen molar-refractivity contribution in [3.05, 3.63) is 216 Å². The van der Waals surface area contributed by atoms with E-state index in [0.717, 1.165) is 11.4 Å². The minimum Gasteiger partial charge on any atom is -0.478 e. The molecule has 0 bridgehead atoms. The molecule has 2 heterocycles. The Labute approximate surface area is 340 Å². The van der Waals surface area contributed by atoms with E-state index in [2.05, 4.69) is 221 Å². The van der Waals surface area contributed by atoms with E-state index in [1.165, 1.54) is 82.5 Å². The third-order valence-corrected chi connectivity index (χ3v) is 14.2. The summed E-state index contributed by atoms with van der Waals surface area (Å²) in [6.45, 7) is 9.63. The molecule has 2 aliphatic carbocycles. The quantitative estimate of drug-likeness (QED) is 0.132. The van der Waals surface area contributed by atoms with E-state index in [4.69, 9.17) is 4.74 Å². The lowest BCUT2D eigenvalue weighted by Gasteiger charge is -2.61. The molecule has 0 saturated carbocycles. The van der Waals surface area contributed by atoms with E-state index >= 15 is 0 Å². The van der Waals surface area contributed by atoms with E-state index in [9.17, 15) is 0 Å². The maximum absolute atomic E-state index is 7.43. The van der Waals surface area contributed by atoms with Crippen molar-refractivity contribution in [1.82, 2.24) is 0 Å². The first-order valence-corrected chi connectivity index (χ1v) is 20.6. The molecule has 0 spiro atoms. The summed E-state index contributed by atoms with van der Waals surface area (Å²) in [5, 5.41) is 7.51. The van der Waals surface area contributed by atoms with Gasteiger partial charge in [-0.05, 0) is 136 Å². The van der Waals surface area contributed by atoms with Crippen LogP contribution >= 0.6 is 0 Å². The van der Waals surface area contributed by atoms with Gasteiger partial charge in [-0.1, -0.05) is 146 Å². The van der Waals surface area contributed by atoms with Gasteiger partial charge in [-0.3, -0.25) is 0 Å². The van der Waals surface area contributed by atoms with Gasteiger partial charge < -0.3 is 9.64 Å². The van der Waals surface area contributed by atoms with Gasteiger partial charge in [0.2, 0.25) is 0 Å². The highest BCUT2D eigenvalue weighted by Crippen LogP contribution is 2.67. The largest absolute Gasteiger partial charge is 0.478 e. The molecule has 0 radical (unpaired) electrons. The summed E-state index contributed by atoms with van der Waals surface area (Å²) in [7, 11) is 0. The molecule has 58 heavy (non-hydrogen) atoms. The predicted octanol–water partition coefficient (Wildman–Crippen LogP) is 14.1. The van der Waals surface area contributed by atoms with Crippen LogP contribution in [0.15, 0.2) is 199 Å². The molecule has 0 fully saturated rings. The summed E-state index contributed by atoms with van der Waals surface area (Å²) in [4.78, 5) is 2.62. The van der Waals surface area contributed by atoms with Crippen molar-refractivity contribution in [3.8, 4) is 16.9 Å². The Morgan fingerprint density at radius 2 is 1.09 bits per heavy atom. The fraction of sp³-hybridized carbons (Fsp3) is 0.143. The van der Waals surface area contributed by atoms with Gasteiger partial charge in [0, 0.05) is 33.3 Å². The maximum Gasteiger partial charge on any atom is 0.154 e. The normalized spacial score (nSPS) is 25.2. The zero-order chi connectivity index (χ0) is 39.0. The van der Waals surface area contributed by atoms with E-state index < -0.39 is 16.6 Å². The number of ether oxygens (including phenoxy) is 1. The summed E-state index contributed by atoms with van der Waals surface area (Å²) in [5.41, 5.74) is 10.5. The Hall–Kier alpha value is -6.64. The second-order valence-corrected chi connectivity index (χ2v) is 17.5. The van der Waals surface area contributed by atoms with Crippen molar-refractivity contribution in [2.45, 2.75) is 49.7 Å². The Bertz CT molecular complexity index is 3150. The number of nitrogens with zero attached hydrogens (tertiary/aromatic N) is 1. The topological polar surface area (TPSA) is 12.5 Å². The number of hydrogen-bond donors (Lipinski definition) is 0. The van der Waals surface area contributed by atoms with E-state index in [1.807, 2.05) is 0 Å². The standard InChI is InChI=1S/C56H43NO/c1-53(40-19-6-5-7-20-40)30-31-54(2)47-24-14-15-25-49(47)57(41-28-26-36(27-29-41)45-33-39-18-10-11-21-42(39)43-22-12-13-23-44(43)45)55(3)35-48-46-32-37-16-8-9-17-38(37)34-50(46)58-56(48,4)52(53)51(54)55/h5-35H,1-4H3. The third kappa shape index (κ3) is 4.27. The number of allylic oxidation sites excluding steroid dienone is 2. The van der Waals surface area contributed by atoms with Crippen LogP contribution in [-0.2, 0) is 10.8 Å². The van der Waals surface area contributed by atoms with Gasteiger partial charge in [-0.15, -0.1) is 0 Å². The van der Waals surface area contributed by atoms with Crippen LogP contribution in [0.3, 0.4) is 0 Å². The first kappa shape index (κ1) is 33.5. The molecule has 0 N–H and O–H groups in total. The zero-order valence-corrected chi connectivity index (χ0v) is 33.3. The van der Waals surface area contributed by atoms with E-state index in [0.29, 0.717) is 0 Å². The van der Waals surface area contributed by atoms with Gasteiger partial charge in [-0.25, -0.2) is 0 Å². The van der Waals surface area contributed by atoms with Crippen molar-refractivity contribution in [2.24, 2.45) is 0 Å². The fourth-order valence-electron chi connectivity index (χ4n) is 11.6. The molecule has 4 unspecified atom stereocenters. The number of benzene rings is 8. The average Bonchev–Trinajstić information content (AvgIpc) is 3.54. The van der Waals surface area contributed by atoms with Gasteiger partial charge >= 0.3 is 0 Å². The second kappa shape index (κ2) is 11.5. The molecule has 2 aliphatic heterocycles. The smallest absolute Gasteiger partial charge is 0.154 e. The van der Waals surface area contributed by atoms with Crippen molar-refractivity contribution in [2.75, 3.05) is 4.90 Å². The van der Waals surface area contributed by atoms with Crippen LogP contribution in [0.25, 0.3) is 49.0 Å². The molecule has 4 atom stereocenters. The molecule has 0 amide bonds. The predicted molar refractivity (Wildman–Crippen MR) is 242 cm³/mol. The molecule has 278 valence electrons. The number of hydrogen-bond acceptors (Lipinski definition) is 2. The average molecular weight is 746 g/mol. The van der Waals surface area contributed by atoms with Gasteiger partial charge in [0.05, 0.1) is 5.54 Å². The summed E-state index contributed by atoms with van der Waals surface area (Å²) >= 11 is 0. The summed E-state index contributed by atoms with van der Waals surface area (Å²) in [6.07, 6.45) is 7.55. The van der Waals surface area contributed by atoms with Crippen LogP contribution < -0.4 is 9.64 Å². The monoisotopic (exact) mass is 745 g/mol. The van der Waals surface area contributed by atoms with Crippen LogP contribution in [0.2, 0.25) is 0 Å². The van der Waals surface area contributed by atoms with E-state index in [1.54, 1.807) is 0 Å². The van der Waals surface area contributed by atoms with E-state index in [-0.39, 0.29) is 5.41 Å². The molecule has 0 saturated heterocycles. The van der Waals surface area contributed by atoms with Crippen LogP contribution in [0, 0.1) is 0 Å². The molecular weight excluding hydrogens is 703 g/mol. The number of para-hydroxylation sites is 1. The number of rotatable bonds is 3. The molecule has 8 aromatic carbocycles. The minimum atomic E-state index is -0.704. The summed E-state index contributed by atoms with van der Waals surface area (Å²) in [6, 6.07) is 62.7. The van der Waals surface area contributed by atoms with Gasteiger partial charge in [0.15, 0.2) is 5.60 Å². The molecule has 0 aromatic heterocycles. The Morgan fingerprint density at radius 1 is 0.483 bits per heavy atom. The van der Waals surface area contributed by atoms with Crippen molar-refractivity contribution < 1.29 is 4.74 Å². The van der Waals surface area contributed by atoms with Crippen LogP contribution in [0.1, 0.15) is 44.4 Å². The molecule has 4 aliphatic rings. The Balaban J connectivity index is 1.13. The molecular formula is C56H43NO. The minimum absolute atomic E-state index is 0.386. The van der Waals surface area contributed by atoms with Crippen LogP contribution in [0.4, 0.5) is 11.4 Å². The fourth-order valence-corrected chi connectivity index (χ4v) is 11.6. The maximum atomic E-state index is 7.43. The highest BCUT2D eigenvalue weighted by Gasteiger charge is 2.63. The van der Waals surface area contributed by atoms with Crippen molar-refractivity contribution in [1.29, 1.82) is 0 Å². The lowest BCUT2D eigenvalue weighted by molar-refractivity contribution is 0.181. The third-order valence-electron chi connectivity index (χ3n) is 14.2. The Kier molecular flexibility index (Phi) is 6.63. The molecule has 8 aromatic rings. The number of fused-ring (bicyclic) bond motifs is 10. The molecule has 2 nitrogen and oxygen atoms in total. The molecule has 2 heteroatoms. The van der Waals surface area contributed by atoms with Gasteiger partial charge in [0.25, 0.3) is 0 Å². The van der Waals surface area contributed by atoms with Crippen molar-refractivity contribution >= 4 is 49.3 Å². The van der Waals surface area contributed by atoms with Crippen molar-refractivity contribution in [3.63, 3.8) is 0 Å². The van der Waals surface area contributed by atoms with Crippen LogP contribution in [-0.4, -0.2) is 11.1 Å². The SMILES string of the molecule is CC12Oc3cc4ccccc4cc3C1=CC1(C)C3=C2C(C)(c2ccccc2)C=CC3(C)c2ccccc2N1c1ccc(-c2cc3ccccc3c3ccccc23)cc1. The van der Waals surface area contributed by atoms with Gasteiger partial charge in [-0.2, -0.15) is 0 Å². The van der Waals surface area contributed by atoms with Gasteiger partial charge in [0.1, 0.15) is 5.75 Å². The molecule has 12 rings (SSSR count). The number of anilines is 2. The second-order valence-electron chi connectivity index (χ2n) is 17.5. The highest BCUT2D eigenvalue weighted by molar-refractivity contribution is 6.13. The first-order valence-electron chi connectivity index (χ1n) is 20.6. The first-order chi connectivity index (χ1) is 28.2. The highest BCUT2D eigenvalue weighted by atomic mass is 16.5. The lowest BCUT2D eigenvalue weighted by Crippen LogP contribution is -2.61. The lowest BCUT2D eigenvalue weighted by atomic mass is 9.50. The van der Waals surface area contributed by atoms with Crippen LogP contribution in [0.5, 0.6) is 5.75 Å². The Morgan fingerprint density at radius 3 is 1.86 bits per heavy atom. The summed E-state index contributed by atoms with van der Waals surface area (Å²) < 4.78 is 7.43.